The fraction of sp³-hybridized carbons (Fsp3) is 0.227. The second-order valence-electron chi connectivity index (χ2n) is 6.78. The van der Waals surface area contributed by atoms with Crippen molar-refractivity contribution < 1.29 is 29.0 Å². The molecule has 2 aromatic rings. The number of carbonyl (C=O) groups is 3. The first-order valence-corrected chi connectivity index (χ1v) is 8.93. The lowest BCUT2D eigenvalue weighted by atomic mass is 9.76. The minimum absolute atomic E-state index is 0.00204. The highest BCUT2D eigenvalue weighted by molar-refractivity contribution is 6.28. The predicted molar refractivity (Wildman–Crippen MR) is 99.1 cm³/mol. The van der Waals surface area contributed by atoms with Crippen molar-refractivity contribution in [1.29, 1.82) is 0 Å². The van der Waals surface area contributed by atoms with E-state index in [1.807, 2.05) is 18.2 Å². The van der Waals surface area contributed by atoms with Crippen LogP contribution < -0.4 is 0 Å². The largest absolute Gasteiger partial charge is 0.507 e. The number of aromatic hydroxyl groups is 1. The zero-order chi connectivity index (χ0) is 19.8. The van der Waals surface area contributed by atoms with E-state index in [0.29, 0.717) is 11.1 Å². The highest BCUT2D eigenvalue weighted by Crippen LogP contribution is 2.44. The predicted octanol–water partition coefficient (Wildman–Crippen LogP) is 3.16. The average Bonchev–Trinajstić information content (AvgIpc) is 2.71. The molecule has 2 aromatic carbocycles. The Labute approximate surface area is 161 Å². The van der Waals surface area contributed by atoms with E-state index in [4.69, 9.17) is 9.47 Å². The zero-order valence-electron chi connectivity index (χ0n) is 15.2. The molecule has 0 fully saturated rings. The molecule has 0 bridgehead atoms. The lowest BCUT2D eigenvalue weighted by Gasteiger charge is -2.35. The minimum Gasteiger partial charge on any atom is -0.507 e. The Balaban J connectivity index is 1.85. The van der Waals surface area contributed by atoms with E-state index >= 15 is 0 Å². The van der Waals surface area contributed by atoms with Gasteiger partial charge in [-0.15, -0.1) is 0 Å². The number of esters is 1. The Kier molecular flexibility index (Phi) is 4.57. The van der Waals surface area contributed by atoms with Crippen LogP contribution >= 0.6 is 0 Å². The van der Waals surface area contributed by atoms with Crippen molar-refractivity contribution in [2.75, 3.05) is 7.11 Å². The number of carbonyl (C=O) groups excluding carboxylic acids is 3. The molecule has 2 aliphatic rings. The molecule has 1 heterocycles. The standard InChI is InChI=1S/C22H18O6/c1-27-17(24)11-13-10-15-19(22(28-13)12-6-3-2-4-7-12)21(26)18-14(20(15)25)8-5-9-16(18)23/h2-9,13,22-23H,10-11H2,1H3/t13-,22+/m0/s1. The quantitative estimate of drug-likeness (QED) is 0.825. The molecule has 0 unspecified atom stereocenters. The molecule has 1 aliphatic carbocycles. The summed E-state index contributed by atoms with van der Waals surface area (Å²) in [5, 5.41) is 10.2. The van der Waals surface area contributed by atoms with Gasteiger partial charge in [-0.1, -0.05) is 42.5 Å². The molecule has 0 radical (unpaired) electrons. The highest BCUT2D eigenvalue weighted by atomic mass is 16.5. The molecule has 6 nitrogen and oxygen atoms in total. The Hall–Kier alpha value is -3.25. The van der Waals surface area contributed by atoms with Crippen molar-refractivity contribution in [3.8, 4) is 5.75 Å². The summed E-state index contributed by atoms with van der Waals surface area (Å²) in [7, 11) is 1.29. The number of hydrogen-bond donors (Lipinski definition) is 1. The average molecular weight is 378 g/mol. The van der Waals surface area contributed by atoms with Gasteiger partial charge in [0.1, 0.15) is 11.9 Å². The molecular weight excluding hydrogens is 360 g/mol. The van der Waals surface area contributed by atoms with Crippen LogP contribution in [0.5, 0.6) is 5.75 Å². The van der Waals surface area contributed by atoms with E-state index in [1.54, 1.807) is 12.1 Å². The van der Waals surface area contributed by atoms with Crippen molar-refractivity contribution in [2.45, 2.75) is 25.0 Å². The van der Waals surface area contributed by atoms with Gasteiger partial charge in [0.05, 0.1) is 25.2 Å². The molecule has 0 saturated heterocycles. The fourth-order valence-electron chi connectivity index (χ4n) is 3.80. The molecule has 4 rings (SSSR count). The van der Waals surface area contributed by atoms with Gasteiger partial charge < -0.3 is 14.6 Å². The number of benzene rings is 2. The van der Waals surface area contributed by atoms with E-state index < -0.39 is 24.0 Å². The Morgan fingerprint density at radius 3 is 2.57 bits per heavy atom. The number of ketones is 2. The molecule has 1 N–H and O–H groups in total. The van der Waals surface area contributed by atoms with Gasteiger partial charge >= 0.3 is 5.97 Å². The van der Waals surface area contributed by atoms with E-state index in [9.17, 15) is 19.5 Å². The van der Waals surface area contributed by atoms with Crippen LogP contribution in [0.3, 0.4) is 0 Å². The molecular formula is C22H18O6. The first-order valence-electron chi connectivity index (χ1n) is 8.93. The number of phenols is 1. The first-order chi connectivity index (χ1) is 13.5. The lowest BCUT2D eigenvalue weighted by Crippen LogP contribution is -2.35. The Morgan fingerprint density at radius 1 is 1.11 bits per heavy atom. The van der Waals surface area contributed by atoms with Gasteiger partial charge in [0, 0.05) is 23.1 Å². The normalized spacial score (nSPS) is 21.2. The van der Waals surface area contributed by atoms with Gasteiger partial charge in [-0.3, -0.25) is 14.4 Å². The van der Waals surface area contributed by atoms with Crippen LogP contribution in [-0.2, 0) is 14.3 Å². The maximum absolute atomic E-state index is 13.2. The summed E-state index contributed by atoms with van der Waals surface area (Å²) < 4.78 is 10.8. The monoisotopic (exact) mass is 378 g/mol. The van der Waals surface area contributed by atoms with E-state index in [-0.39, 0.29) is 41.1 Å². The van der Waals surface area contributed by atoms with Crippen molar-refractivity contribution in [3.05, 3.63) is 76.4 Å². The number of hydrogen-bond acceptors (Lipinski definition) is 6. The summed E-state index contributed by atoms with van der Waals surface area (Å²) in [5.41, 5.74) is 1.43. The molecule has 0 amide bonds. The van der Waals surface area contributed by atoms with Crippen LogP contribution in [0.1, 0.15) is 45.2 Å². The van der Waals surface area contributed by atoms with Crippen LogP contribution in [0.25, 0.3) is 0 Å². The molecule has 1 aliphatic heterocycles. The van der Waals surface area contributed by atoms with Crippen LogP contribution in [0.15, 0.2) is 59.7 Å². The summed E-state index contributed by atoms with van der Waals surface area (Å²) in [6, 6.07) is 13.5. The van der Waals surface area contributed by atoms with Gasteiger partial charge in [-0.25, -0.2) is 0 Å². The second kappa shape index (κ2) is 7.05. The van der Waals surface area contributed by atoms with Crippen LogP contribution in [-0.4, -0.2) is 35.9 Å². The Morgan fingerprint density at radius 2 is 1.86 bits per heavy atom. The summed E-state index contributed by atoms with van der Waals surface area (Å²) in [6.07, 6.45) is -1.28. The molecule has 6 heteroatoms. The van der Waals surface area contributed by atoms with E-state index in [0.717, 1.165) is 0 Å². The van der Waals surface area contributed by atoms with Crippen molar-refractivity contribution >= 4 is 17.5 Å². The summed E-state index contributed by atoms with van der Waals surface area (Å²) in [4.78, 5) is 38.1. The summed E-state index contributed by atoms with van der Waals surface area (Å²) in [5.74, 6) is -1.42. The van der Waals surface area contributed by atoms with E-state index in [1.165, 1.54) is 25.3 Å². The molecule has 0 spiro atoms. The number of fused-ring (bicyclic) bond motifs is 1. The van der Waals surface area contributed by atoms with E-state index in [2.05, 4.69) is 0 Å². The van der Waals surface area contributed by atoms with Gasteiger partial charge in [0.15, 0.2) is 11.6 Å². The number of rotatable bonds is 3. The number of Topliss-reactive ketones (excluding diaryl/α,β-unsaturated/α-hetero) is 2. The Bertz CT molecular complexity index is 1000. The maximum Gasteiger partial charge on any atom is 0.308 e. The fourth-order valence-corrected chi connectivity index (χ4v) is 3.80. The van der Waals surface area contributed by atoms with Crippen LogP contribution in [0.4, 0.5) is 0 Å². The smallest absolute Gasteiger partial charge is 0.308 e. The SMILES string of the molecule is COC(=O)C[C@@H]1CC2=C(C(=O)c3c(O)cccc3C2=O)[C@@H](c2ccccc2)O1. The number of methoxy groups -OCH3 is 1. The third-order valence-corrected chi connectivity index (χ3v) is 5.10. The highest BCUT2D eigenvalue weighted by Gasteiger charge is 2.43. The minimum atomic E-state index is -0.802. The maximum atomic E-state index is 13.2. The summed E-state index contributed by atoms with van der Waals surface area (Å²) >= 11 is 0. The molecule has 28 heavy (non-hydrogen) atoms. The molecule has 142 valence electrons. The third-order valence-electron chi connectivity index (χ3n) is 5.10. The van der Waals surface area contributed by atoms with Gasteiger partial charge in [0.25, 0.3) is 0 Å². The number of phenolic OH excluding ortho intramolecular Hbond substituents is 1. The van der Waals surface area contributed by atoms with Crippen LogP contribution in [0.2, 0.25) is 0 Å². The summed E-state index contributed by atoms with van der Waals surface area (Å²) in [6.45, 7) is 0. The van der Waals surface area contributed by atoms with Gasteiger partial charge in [-0.05, 0) is 11.6 Å². The molecule has 0 saturated carbocycles. The van der Waals surface area contributed by atoms with Crippen LogP contribution in [0, 0.1) is 0 Å². The van der Waals surface area contributed by atoms with Gasteiger partial charge in [0.2, 0.25) is 0 Å². The zero-order valence-corrected chi connectivity index (χ0v) is 15.2. The van der Waals surface area contributed by atoms with Crippen molar-refractivity contribution in [1.82, 2.24) is 0 Å². The number of ether oxygens (including phenoxy) is 2. The topological polar surface area (TPSA) is 89.9 Å². The molecule has 0 aromatic heterocycles. The van der Waals surface area contributed by atoms with Gasteiger partial charge in [-0.2, -0.15) is 0 Å². The lowest BCUT2D eigenvalue weighted by molar-refractivity contribution is -0.145. The first kappa shape index (κ1) is 18.1. The van der Waals surface area contributed by atoms with Crippen molar-refractivity contribution in [2.24, 2.45) is 0 Å². The second-order valence-corrected chi connectivity index (χ2v) is 6.78. The third kappa shape index (κ3) is 2.92. The molecule has 2 atom stereocenters. The van der Waals surface area contributed by atoms with Crippen molar-refractivity contribution in [3.63, 3.8) is 0 Å².